The van der Waals surface area contributed by atoms with Crippen LogP contribution < -0.4 is 0 Å². The van der Waals surface area contributed by atoms with E-state index in [1.54, 1.807) is 0 Å². The van der Waals surface area contributed by atoms with Crippen LogP contribution in [0.25, 0.3) is 0 Å². The van der Waals surface area contributed by atoms with Gasteiger partial charge in [0.05, 0.1) is 0 Å². The summed E-state index contributed by atoms with van der Waals surface area (Å²) in [6.07, 6.45) is 2.04. The van der Waals surface area contributed by atoms with Crippen molar-refractivity contribution in [1.29, 1.82) is 0 Å². The summed E-state index contributed by atoms with van der Waals surface area (Å²) in [5, 5.41) is 8.07. The summed E-state index contributed by atoms with van der Waals surface area (Å²) in [4.78, 5) is 0. The van der Waals surface area contributed by atoms with Crippen LogP contribution in [0.1, 0.15) is 19.8 Å². The molecule has 7 heavy (non-hydrogen) atoms. The van der Waals surface area contributed by atoms with Crippen molar-refractivity contribution in [2.75, 3.05) is 6.61 Å². The zero-order valence-corrected chi connectivity index (χ0v) is 10.7. The fourth-order valence-electron chi connectivity index (χ4n) is 0.158. The molecule has 0 aliphatic heterocycles. The molecule has 0 aromatic carbocycles. The third-order valence-corrected chi connectivity index (χ3v) is 0.512. The molecule has 0 atom stereocenters. The maximum Gasteiger partial charge on any atom is 0.0430 e. The van der Waals surface area contributed by atoms with Crippen molar-refractivity contribution in [2.24, 2.45) is 0 Å². The predicted octanol–water partition coefficient (Wildman–Crippen LogP) is 0.0172. The third-order valence-electron chi connectivity index (χ3n) is 0.512. The summed E-state index contributed by atoms with van der Waals surface area (Å²) in [5.74, 6) is 0. The van der Waals surface area contributed by atoms with E-state index in [1.807, 2.05) is 0 Å². The van der Waals surface area contributed by atoms with E-state index in [2.05, 4.69) is 6.92 Å². The fraction of sp³-hybridized carbons (Fsp3) is 1.00. The Morgan fingerprint density at radius 2 is 1.86 bits per heavy atom. The van der Waals surface area contributed by atoms with Gasteiger partial charge in [0.1, 0.15) is 0 Å². The molecule has 0 amide bonds. The fourth-order valence-corrected chi connectivity index (χ4v) is 0.158. The molecule has 0 unspecified atom stereocenters. The van der Waals surface area contributed by atoms with E-state index in [-0.39, 0.29) is 80.9 Å². The van der Waals surface area contributed by atoms with Crippen molar-refractivity contribution >= 4 is 80.9 Å². The topological polar surface area (TPSA) is 20.2 Å². The summed E-state index contributed by atoms with van der Waals surface area (Å²) in [7, 11) is 0. The Hall–Kier alpha value is 2.60. The molecule has 34 valence electrons. The number of hydrogen-bond donors (Lipinski definition) is 1. The molecule has 3 heteroatoms. The Kier molecular flexibility index (Phi) is 36.9. The molecule has 0 aromatic rings. The number of unbranched alkanes of at least 4 members (excludes halogenated alkanes) is 1. The van der Waals surface area contributed by atoms with Crippen molar-refractivity contribution in [3.8, 4) is 0 Å². The first-order chi connectivity index (χ1) is 2.41. The summed E-state index contributed by atoms with van der Waals surface area (Å²) in [6, 6.07) is 0. The van der Waals surface area contributed by atoms with Gasteiger partial charge in [-0.2, -0.15) is 0 Å². The van der Waals surface area contributed by atoms with Gasteiger partial charge in [0, 0.05) is 87.5 Å². The minimum atomic E-state index is 0. The third kappa shape index (κ3) is 17.7. The molecule has 0 spiro atoms. The molecule has 0 rings (SSSR count). The zero-order chi connectivity index (χ0) is 4.12. The summed E-state index contributed by atoms with van der Waals surface area (Å²) >= 11 is 0. The van der Waals surface area contributed by atoms with Crippen LogP contribution in [0.2, 0.25) is 0 Å². The summed E-state index contributed by atoms with van der Waals surface area (Å²) in [6.45, 7) is 2.40. The van der Waals surface area contributed by atoms with Gasteiger partial charge in [0.2, 0.25) is 0 Å². The molecule has 0 fully saturated rings. The minimum absolute atomic E-state index is 0. The van der Waals surface area contributed by atoms with Gasteiger partial charge >= 0.3 is 0 Å². The van der Waals surface area contributed by atoms with E-state index in [0.29, 0.717) is 6.61 Å². The molecule has 0 bridgehead atoms. The Morgan fingerprint density at radius 1 is 1.43 bits per heavy atom. The first-order valence-electron chi connectivity index (χ1n) is 2.02. The standard InChI is InChI=1S/C4H10O.K.Na/c1-2-3-4-5;;/h5H,2-4H2,1H3;;. The number of hydrogen-bond acceptors (Lipinski definition) is 1. The second-order valence-electron chi connectivity index (χ2n) is 1.08. The molecule has 0 aromatic heterocycles. The van der Waals surface area contributed by atoms with Crippen LogP contribution in [0.3, 0.4) is 0 Å². The number of aliphatic hydroxyl groups excluding tert-OH is 1. The van der Waals surface area contributed by atoms with Crippen LogP contribution in [0, 0.1) is 0 Å². The minimum Gasteiger partial charge on any atom is -0.396 e. The smallest absolute Gasteiger partial charge is 0.0430 e. The van der Waals surface area contributed by atoms with E-state index in [4.69, 9.17) is 5.11 Å². The molecule has 0 aliphatic rings. The van der Waals surface area contributed by atoms with E-state index in [0.717, 1.165) is 12.8 Å². The molecule has 0 heterocycles. The maximum atomic E-state index is 8.07. The van der Waals surface area contributed by atoms with Crippen molar-refractivity contribution in [1.82, 2.24) is 0 Å². The molecular formula is C4H10KNaO. The Morgan fingerprint density at radius 3 is 1.86 bits per heavy atom. The molecule has 0 aliphatic carbocycles. The average molecular weight is 136 g/mol. The molecule has 0 saturated carbocycles. The van der Waals surface area contributed by atoms with Gasteiger partial charge in [-0.3, -0.25) is 0 Å². The molecule has 0 saturated heterocycles. The first kappa shape index (κ1) is 16.3. The molecule has 2 radical (unpaired) electrons. The van der Waals surface area contributed by atoms with Crippen LogP contribution in [0.5, 0.6) is 0 Å². The van der Waals surface area contributed by atoms with Crippen molar-refractivity contribution in [3.05, 3.63) is 0 Å². The molecule has 1 nitrogen and oxygen atoms in total. The van der Waals surface area contributed by atoms with E-state index < -0.39 is 0 Å². The van der Waals surface area contributed by atoms with Gasteiger partial charge in [-0.05, 0) is 6.42 Å². The van der Waals surface area contributed by atoms with Crippen LogP contribution in [-0.4, -0.2) is 92.7 Å². The zero-order valence-electron chi connectivity index (χ0n) is 5.57. The summed E-state index contributed by atoms with van der Waals surface area (Å²) in [5.41, 5.74) is 0. The van der Waals surface area contributed by atoms with E-state index >= 15 is 0 Å². The summed E-state index contributed by atoms with van der Waals surface area (Å²) < 4.78 is 0. The number of rotatable bonds is 2. The van der Waals surface area contributed by atoms with Gasteiger partial charge in [-0.15, -0.1) is 0 Å². The van der Waals surface area contributed by atoms with Gasteiger partial charge < -0.3 is 5.11 Å². The molecule has 1 N–H and O–H groups in total. The van der Waals surface area contributed by atoms with Crippen molar-refractivity contribution in [2.45, 2.75) is 19.8 Å². The Labute approximate surface area is 110 Å². The largest absolute Gasteiger partial charge is 0.396 e. The van der Waals surface area contributed by atoms with Crippen LogP contribution in [0.15, 0.2) is 0 Å². The van der Waals surface area contributed by atoms with Crippen molar-refractivity contribution in [3.63, 3.8) is 0 Å². The molecular weight excluding hydrogens is 126 g/mol. The quantitative estimate of drug-likeness (QED) is 0.530. The van der Waals surface area contributed by atoms with E-state index in [1.165, 1.54) is 0 Å². The van der Waals surface area contributed by atoms with Gasteiger partial charge in [0.25, 0.3) is 0 Å². The first-order valence-corrected chi connectivity index (χ1v) is 2.02. The van der Waals surface area contributed by atoms with Gasteiger partial charge in [-0.1, -0.05) is 13.3 Å². The number of aliphatic hydroxyl groups is 1. The second-order valence-corrected chi connectivity index (χ2v) is 1.08. The van der Waals surface area contributed by atoms with E-state index in [9.17, 15) is 0 Å². The van der Waals surface area contributed by atoms with Crippen LogP contribution >= 0.6 is 0 Å². The second kappa shape index (κ2) is 15.8. The Balaban J connectivity index is -0.0000000800. The van der Waals surface area contributed by atoms with Crippen LogP contribution in [0.4, 0.5) is 0 Å². The monoisotopic (exact) mass is 136 g/mol. The van der Waals surface area contributed by atoms with Gasteiger partial charge in [0.15, 0.2) is 0 Å². The SMILES string of the molecule is CCCCO.[K].[Na]. The normalized spacial score (nSPS) is 6.00. The predicted molar refractivity (Wildman–Crippen MR) is 33.5 cm³/mol. The van der Waals surface area contributed by atoms with Crippen LogP contribution in [-0.2, 0) is 0 Å². The maximum absolute atomic E-state index is 8.07. The Bertz CT molecular complexity index is 19.2. The average Bonchev–Trinajstić information content (AvgIpc) is 1.41. The van der Waals surface area contributed by atoms with Gasteiger partial charge in [-0.25, -0.2) is 0 Å². The van der Waals surface area contributed by atoms with Crippen molar-refractivity contribution < 1.29 is 5.11 Å².